The molecule has 17 heavy (non-hydrogen) atoms. The van der Waals surface area contributed by atoms with Gasteiger partial charge in [-0.15, -0.1) is 0 Å². The van der Waals surface area contributed by atoms with Crippen LogP contribution in [-0.4, -0.2) is 31.4 Å². The maximum absolute atomic E-state index is 11.4. The number of nitrogens with zero attached hydrogens (tertiary/aromatic N) is 1. The number of carbonyl (C=O) groups is 1. The van der Waals surface area contributed by atoms with Crippen molar-refractivity contribution in [3.05, 3.63) is 29.8 Å². The standard InChI is InChI=1S/C14H22N2O/c1-14(2,3)11-6-8-12(9-7-11)15-10-13(17)16(4)5/h6-9,15H,10H2,1-5H3. The lowest BCUT2D eigenvalue weighted by Gasteiger charge is -2.19. The Labute approximate surface area is 104 Å². The topological polar surface area (TPSA) is 32.3 Å². The molecule has 0 saturated heterocycles. The lowest BCUT2D eigenvalue weighted by atomic mass is 9.87. The molecular formula is C14H22N2O. The molecule has 0 aliphatic rings. The molecule has 0 unspecified atom stereocenters. The van der Waals surface area contributed by atoms with E-state index in [-0.39, 0.29) is 11.3 Å². The number of hydrogen-bond donors (Lipinski definition) is 1. The quantitative estimate of drug-likeness (QED) is 0.871. The first-order valence-corrected chi connectivity index (χ1v) is 5.85. The van der Waals surface area contributed by atoms with Crippen LogP contribution in [0.5, 0.6) is 0 Å². The minimum absolute atomic E-state index is 0.0740. The van der Waals surface area contributed by atoms with E-state index in [1.54, 1.807) is 19.0 Å². The Morgan fingerprint density at radius 1 is 1.18 bits per heavy atom. The van der Waals surface area contributed by atoms with E-state index in [0.29, 0.717) is 6.54 Å². The average molecular weight is 234 g/mol. The van der Waals surface area contributed by atoms with Crippen LogP contribution < -0.4 is 5.32 Å². The Balaban J connectivity index is 2.61. The Hall–Kier alpha value is -1.51. The fraction of sp³-hybridized carbons (Fsp3) is 0.500. The van der Waals surface area contributed by atoms with Crippen molar-refractivity contribution in [3.8, 4) is 0 Å². The third kappa shape index (κ3) is 4.10. The van der Waals surface area contributed by atoms with Crippen molar-refractivity contribution < 1.29 is 4.79 Å². The molecule has 1 aromatic carbocycles. The lowest BCUT2D eigenvalue weighted by Crippen LogP contribution is -2.28. The van der Waals surface area contributed by atoms with Crippen molar-refractivity contribution in [3.63, 3.8) is 0 Å². The second kappa shape index (κ2) is 5.21. The minimum Gasteiger partial charge on any atom is -0.376 e. The third-order valence-electron chi connectivity index (χ3n) is 2.69. The van der Waals surface area contributed by atoms with Crippen molar-refractivity contribution in [1.29, 1.82) is 0 Å². The summed E-state index contributed by atoms with van der Waals surface area (Å²) in [7, 11) is 3.51. The van der Waals surface area contributed by atoms with Gasteiger partial charge in [-0.05, 0) is 23.1 Å². The zero-order valence-corrected chi connectivity index (χ0v) is 11.4. The fourth-order valence-corrected chi connectivity index (χ4v) is 1.42. The molecular weight excluding hydrogens is 212 g/mol. The second-order valence-electron chi connectivity index (χ2n) is 5.47. The molecule has 3 heteroatoms. The van der Waals surface area contributed by atoms with Crippen molar-refractivity contribution >= 4 is 11.6 Å². The SMILES string of the molecule is CN(C)C(=O)CNc1ccc(C(C)(C)C)cc1. The zero-order valence-electron chi connectivity index (χ0n) is 11.4. The van der Waals surface area contributed by atoms with E-state index in [2.05, 4.69) is 38.2 Å². The molecule has 0 aliphatic carbocycles. The first-order valence-electron chi connectivity index (χ1n) is 5.85. The Kier molecular flexibility index (Phi) is 4.16. The molecule has 0 aromatic heterocycles. The molecule has 1 amide bonds. The van der Waals surface area contributed by atoms with Crippen molar-refractivity contribution in [1.82, 2.24) is 4.90 Å². The molecule has 0 spiro atoms. The van der Waals surface area contributed by atoms with Crippen LogP contribution in [0.2, 0.25) is 0 Å². The van der Waals surface area contributed by atoms with E-state index in [1.165, 1.54) is 5.56 Å². The number of nitrogens with one attached hydrogen (secondary N) is 1. The number of hydrogen-bond acceptors (Lipinski definition) is 2. The highest BCUT2D eigenvalue weighted by atomic mass is 16.2. The Morgan fingerprint density at radius 2 is 1.71 bits per heavy atom. The molecule has 0 saturated carbocycles. The molecule has 0 bridgehead atoms. The molecule has 3 nitrogen and oxygen atoms in total. The summed E-state index contributed by atoms with van der Waals surface area (Å²) in [5.41, 5.74) is 2.44. The first-order chi connectivity index (χ1) is 7.80. The number of carbonyl (C=O) groups excluding carboxylic acids is 1. The summed E-state index contributed by atoms with van der Waals surface area (Å²) in [4.78, 5) is 13.0. The largest absolute Gasteiger partial charge is 0.376 e. The van der Waals surface area contributed by atoms with Crippen LogP contribution >= 0.6 is 0 Å². The molecule has 0 aliphatic heterocycles. The van der Waals surface area contributed by atoms with Crippen LogP contribution in [-0.2, 0) is 10.2 Å². The highest BCUT2D eigenvalue weighted by Gasteiger charge is 2.12. The fourth-order valence-electron chi connectivity index (χ4n) is 1.42. The molecule has 0 atom stereocenters. The third-order valence-corrected chi connectivity index (χ3v) is 2.69. The van der Waals surface area contributed by atoms with Crippen LogP contribution in [0.3, 0.4) is 0 Å². The second-order valence-corrected chi connectivity index (χ2v) is 5.47. The van der Waals surface area contributed by atoms with Crippen LogP contribution in [0, 0.1) is 0 Å². The van der Waals surface area contributed by atoms with Gasteiger partial charge in [-0.25, -0.2) is 0 Å². The maximum Gasteiger partial charge on any atom is 0.241 e. The van der Waals surface area contributed by atoms with E-state index in [4.69, 9.17) is 0 Å². The van der Waals surface area contributed by atoms with Gasteiger partial charge < -0.3 is 10.2 Å². The Morgan fingerprint density at radius 3 is 2.12 bits per heavy atom. The summed E-state index contributed by atoms with van der Waals surface area (Å²) in [5, 5.41) is 3.11. The Bertz CT molecular complexity index is 374. The van der Waals surface area contributed by atoms with Crippen molar-refractivity contribution in [2.45, 2.75) is 26.2 Å². The first kappa shape index (κ1) is 13.6. The van der Waals surface area contributed by atoms with Crippen LogP contribution in [0.4, 0.5) is 5.69 Å². The van der Waals surface area contributed by atoms with Gasteiger partial charge in [0.25, 0.3) is 0 Å². The van der Waals surface area contributed by atoms with Gasteiger partial charge in [-0.2, -0.15) is 0 Å². The molecule has 94 valence electrons. The van der Waals surface area contributed by atoms with Gasteiger partial charge in [-0.1, -0.05) is 32.9 Å². The highest BCUT2D eigenvalue weighted by molar-refractivity contribution is 5.80. The predicted octanol–water partition coefficient (Wildman–Crippen LogP) is 2.48. The average Bonchev–Trinajstić information content (AvgIpc) is 2.25. The lowest BCUT2D eigenvalue weighted by molar-refractivity contribution is -0.126. The van der Waals surface area contributed by atoms with E-state index in [9.17, 15) is 4.79 Å². The highest BCUT2D eigenvalue weighted by Crippen LogP contribution is 2.23. The van der Waals surface area contributed by atoms with E-state index < -0.39 is 0 Å². The van der Waals surface area contributed by atoms with Gasteiger partial charge in [0.15, 0.2) is 0 Å². The zero-order chi connectivity index (χ0) is 13.1. The monoisotopic (exact) mass is 234 g/mol. The molecule has 1 aromatic rings. The number of anilines is 1. The minimum atomic E-state index is 0.0740. The van der Waals surface area contributed by atoms with Crippen LogP contribution in [0.1, 0.15) is 26.3 Å². The number of rotatable bonds is 3. The van der Waals surface area contributed by atoms with Crippen molar-refractivity contribution in [2.24, 2.45) is 0 Å². The summed E-state index contributed by atoms with van der Waals surface area (Å²) in [6, 6.07) is 8.23. The summed E-state index contributed by atoms with van der Waals surface area (Å²) in [5.74, 6) is 0.0740. The molecule has 0 heterocycles. The summed E-state index contributed by atoms with van der Waals surface area (Å²) < 4.78 is 0. The van der Waals surface area contributed by atoms with Gasteiger partial charge in [0.1, 0.15) is 0 Å². The molecule has 0 radical (unpaired) electrons. The van der Waals surface area contributed by atoms with Gasteiger partial charge in [0.2, 0.25) is 5.91 Å². The smallest absolute Gasteiger partial charge is 0.241 e. The predicted molar refractivity (Wildman–Crippen MR) is 72.3 cm³/mol. The molecule has 1 N–H and O–H groups in total. The number of amides is 1. The summed E-state index contributed by atoms with van der Waals surface area (Å²) >= 11 is 0. The van der Waals surface area contributed by atoms with E-state index in [1.807, 2.05) is 12.1 Å². The van der Waals surface area contributed by atoms with E-state index >= 15 is 0 Å². The number of benzene rings is 1. The van der Waals surface area contributed by atoms with Crippen LogP contribution in [0.25, 0.3) is 0 Å². The molecule has 0 fully saturated rings. The van der Waals surface area contributed by atoms with Crippen molar-refractivity contribution in [2.75, 3.05) is 26.0 Å². The van der Waals surface area contributed by atoms with Gasteiger partial charge in [0.05, 0.1) is 6.54 Å². The maximum atomic E-state index is 11.4. The molecule has 1 rings (SSSR count). The normalized spacial score (nSPS) is 11.1. The van der Waals surface area contributed by atoms with Crippen LogP contribution in [0.15, 0.2) is 24.3 Å². The van der Waals surface area contributed by atoms with Gasteiger partial charge >= 0.3 is 0 Å². The van der Waals surface area contributed by atoms with Gasteiger partial charge in [0, 0.05) is 19.8 Å². The van der Waals surface area contributed by atoms with E-state index in [0.717, 1.165) is 5.69 Å². The number of likely N-dealkylation sites (N-methyl/N-ethyl adjacent to an activating group) is 1. The van der Waals surface area contributed by atoms with Gasteiger partial charge in [-0.3, -0.25) is 4.79 Å². The summed E-state index contributed by atoms with van der Waals surface area (Å²) in [6.07, 6.45) is 0. The summed E-state index contributed by atoms with van der Waals surface area (Å²) in [6.45, 7) is 6.89.